The molecule has 0 saturated carbocycles. The number of hydrogen-bond donors (Lipinski definition) is 2. The molecular weight excluding hydrogens is 170 g/mol. The van der Waals surface area contributed by atoms with E-state index in [-0.39, 0.29) is 12.6 Å². The van der Waals surface area contributed by atoms with Gasteiger partial charge in [0.05, 0.1) is 19.3 Å². The molecule has 0 spiro atoms. The summed E-state index contributed by atoms with van der Waals surface area (Å²) in [6.45, 7) is 1.13. The van der Waals surface area contributed by atoms with Gasteiger partial charge in [-0.05, 0) is 19.3 Å². The molecule has 1 fully saturated rings. The summed E-state index contributed by atoms with van der Waals surface area (Å²) in [5.41, 5.74) is 5.36. The average Bonchev–Trinajstić information content (AvgIpc) is 2.18. The van der Waals surface area contributed by atoms with E-state index in [9.17, 15) is 0 Å². The van der Waals surface area contributed by atoms with Crippen LogP contribution in [0.2, 0.25) is 0 Å². The summed E-state index contributed by atoms with van der Waals surface area (Å²) in [6.07, 6.45) is 3.04. The minimum atomic E-state index is -0.457. The molecule has 1 rings (SSSR count). The third-order valence-corrected chi connectivity index (χ3v) is 2.64. The fourth-order valence-electron chi connectivity index (χ4n) is 1.80. The van der Waals surface area contributed by atoms with Gasteiger partial charge in [-0.3, -0.25) is 0 Å². The van der Waals surface area contributed by atoms with Crippen LogP contribution < -0.4 is 5.73 Å². The second-order valence-electron chi connectivity index (χ2n) is 3.59. The lowest BCUT2D eigenvalue weighted by molar-refractivity contribution is -0.135. The summed E-state index contributed by atoms with van der Waals surface area (Å²) in [6, 6.07) is -0.340. The topological polar surface area (TPSA) is 64.7 Å². The molecule has 0 amide bonds. The molecule has 78 valence electrons. The zero-order chi connectivity index (χ0) is 9.73. The van der Waals surface area contributed by atoms with Gasteiger partial charge in [-0.15, -0.1) is 0 Å². The fraction of sp³-hybridized carbons (Fsp3) is 1.00. The average molecular weight is 189 g/mol. The number of aliphatic hydroxyl groups excluding tert-OH is 1. The smallest absolute Gasteiger partial charge is 0.109 e. The first-order chi connectivity index (χ1) is 6.25. The summed E-state index contributed by atoms with van der Waals surface area (Å²) in [4.78, 5) is 0. The van der Waals surface area contributed by atoms with Crippen LogP contribution in [-0.4, -0.2) is 43.7 Å². The number of nitrogens with two attached hydrogens (primary N) is 1. The summed E-state index contributed by atoms with van der Waals surface area (Å²) in [7, 11) is 1.63. The van der Waals surface area contributed by atoms with Gasteiger partial charge in [0.2, 0.25) is 0 Å². The first-order valence-corrected chi connectivity index (χ1v) is 4.74. The van der Waals surface area contributed by atoms with Crippen LogP contribution in [0.3, 0.4) is 0 Å². The number of ether oxygens (including phenoxy) is 2. The highest BCUT2D eigenvalue weighted by atomic mass is 16.5. The Kier molecular flexibility index (Phi) is 4.12. The first kappa shape index (κ1) is 10.9. The molecular formula is C9H19NO3. The molecule has 0 aromatic heterocycles. The normalized spacial score (nSPS) is 31.6. The number of rotatable bonds is 4. The Morgan fingerprint density at radius 1 is 1.62 bits per heavy atom. The van der Waals surface area contributed by atoms with Crippen LogP contribution >= 0.6 is 0 Å². The second kappa shape index (κ2) is 4.91. The molecule has 0 aromatic rings. The number of hydrogen-bond acceptors (Lipinski definition) is 4. The zero-order valence-electron chi connectivity index (χ0n) is 8.16. The van der Waals surface area contributed by atoms with Crippen molar-refractivity contribution >= 4 is 0 Å². The number of aliphatic hydroxyl groups is 1. The Hall–Kier alpha value is -0.160. The van der Waals surface area contributed by atoms with E-state index >= 15 is 0 Å². The van der Waals surface area contributed by atoms with E-state index in [1.165, 1.54) is 0 Å². The van der Waals surface area contributed by atoms with Crippen molar-refractivity contribution in [2.45, 2.75) is 30.9 Å². The quantitative estimate of drug-likeness (QED) is 0.647. The molecule has 1 heterocycles. The van der Waals surface area contributed by atoms with E-state index in [0.29, 0.717) is 6.61 Å². The molecule has 0 aromatic carbocycles. The Labute approximate surface area is 79.0 Å². The van der Waals surface area contributed by atoms with Gasteiger partial charge in [0.15, 0.2) is 0 Å². The molecule has 2 atom stereocenters. The van der Waals surface area contributed by atoms with E-state index in [1.54, 1.807) is 7.11 Å². The molecule has 1 aliphatic rings. The minimum absolute atomic E-state index is 0.0522. The third kappa shape index (κ3) is 2.40. The minimum Gasteiger partial charge on any atom is -0.395 e. The van der Waals surface area contributed by atoms with Crippen LogP contribution in [0.1, 0.15) is 19.3 Å². The second-order valence-corrected chi connectivity index (χ2v) is 3.59. The summed E-state index contributed by atoms with van der Waals surface area (Å²) in [5, 5.41) is 9.02. The Morgan fingerprint density at radius 2 is 2.38 bits per heavy atom. The van der Waals surface area contributed by atoms with E-state index in [4.69, 9.17) is 20.3 Å². The zero-order valence-corrected chi connectivity index (χ0v) is 8.16. The molecule has 13 heavy (non-hydrogen) atoms. The van der Waals surface area contributed by atoms with E-state index in [0.717, 1.165) is 25.9 Å². The van der Waals surface area contributed by atoms with Gasteiger partial charge in [0.1, 0.15) is 5.60 Å². The van der Waals surface area contributed by atoms with Crippen molar-refractivity contribution in [3.8, 4) is 0 Å². The summed E-state index contributed by atoms with van der Waals surface area (Å²) >= 11 is 0. The number of methoxy groups -OCH3 is 1. The van der Waals surface area contributed by atoms with Crippen LogP contribution in [-0.2, 0) is 9.47 Å². The van der Waals surface area contributed by atoms with Crippen molar-refractivity contribution in [3.63, 3.8) is 0 Å². The Balaban J connectivity index is 2.60. The molecule has 2 unspecified atom stereocenters. The molecule has 1 saturated heterocycles. The maximum Gasteiger partial charge on any atom is 0.109 e. The van der Waals surface area contributed by atoms with E-state index in [2.05, 4.69) is 0 Å². The van der Waals surface area contributed by atoms with E-state index in [1.807, 2.05) is 0 Å². The van der Waals surface area contributed by atoms with Crippen LogP contribution in [0.5, 0.6) is 0 Å². The molecule has 1 aliphatic heterocycles. The van der Waals surface area contributed by atoms with Gasteiger partial charge < -0.3 is 20.3 Å². The van der Waals surface area contributed by atoms with Gasteiger partial charge >= 0.3 is 0 Å². The van der Waals surface area contributed by atoms with Crippen LogP contribution in [0.25, 0.3) is 0 Å². The first-order valence-electron chi connectivity index (χ1n) is 4.74. The molecule has 0 aliphatic carbocycles. The highest BCUT2D eigenvalue weighted by Gasteiger charge is 2.39. The maximum atomic E-state index is 9.02. The molecule has 0 radical (unpaired) electrons. The van der Waals surface area contributed by atoms with Crippen molar-refractivity contribution in [1.29, 1.82) is 0 Å². The van der Waals surface area contributed by atoms with Crippen molar-refractivity contribution in [1.82, 2.24) is 0 Å². The van der Waals surface area contributed by atoms with Gasteiger partial charge in [-0.25, -0.2) is 0 Å². The van der Waals surface area contributed by atoms with E-state index < -0.39 is 5.60 Å². The molecule has 3 N–H and O–H groups in total. The van der Waals surface area contributed by atoms with Crippen LogP contribution in [0, 0.1) is 0 Å². The predicted molar refractivity (Wildman–Crippen MR) is 49.5 cm³/mol. The van der Waals surface area contributed by atoms with Gasteiger partial charge in [-0.1, -0.05) is 0 Å². The molecule has 4 heteroatoms. The lowest BCUT2D eigenvalue weighted by atomic mass is 9.88. The largest absolute Gasteiger partial charge is 0.395 e. The van der Waals surface area contributed by atoms with Crippen molar-refractivity contribution in [2.75, 3.05) is 26.9 Å². The Morgan fingerprint density at radius 3 is 2.85 bits per heavy atom. The monoisotopic (exact) mass is 189 g/mol. The molecule has 4 nitrogen and oxygen atoms in total. The highest BCUT2D eigenvalue weighted by molar-refractivity contribution is 4.93. The lowest BCUT2D eigenvalue weighted by Crippen LogP contribution is -2.56. The van der Waals surface area contributed by atoms with Crippen molar-refractivity contribution < 1.29 is 14.6 Å². The van der Waals surface area contributed by atoms with Crippen LogP contribution in [0.15, 0.2) is 0 Å². The van der Waals surface area contributed by atoms with Crippen LogP contribution in [0.4, 0.5) is 0 Å². The standard InChI is InChI=1S/C9H19NO3/c1-12-7-9(8(10)6-11)4-2-3-5-13-9/h8,11H,2-7,10H2,1H3. The summed E-state index contributed by atoms with van der Waals surface area (Å²) < 4.78 is 10.7. The maximum absolute atomic E-state index is 9.02. The molecule has 0 bridgehead atoms. The van der Waals surface area contributed by atoms with Gasteiger partial charge in [0.25, 0.3) is 0 Å². The van der Waals surface area contributed by atoms with Crippen molar-refractivity contribution in [3.05, 3.63) is 0 Å². The Bertz CT molecular complexity index is 140. The SMILES string of the molecule is COCC1(C(N)CO)CCCCO1. The predicted octanol–water partition coefficient (Wildman–Crippen LogP) is -0.108. The lowest BCUT2D eigenvalue weighted by Gasteiger charge is -2.40. The van der Waals surface area contributed by atoms with Gasteiger partial charge in [-0.2, -0.15) is 0 Å². The van der Waals surface area contributed by atoms with Gasteiger partial charge in [0, 0.05) is 13.7 Å². The highest BCUT2D eigenvalue weighted by Crippen LogP contribution is 2.27. The summed E-state index contributed by atoms with van der Waals surface area (Å²) in [5.74, 6) is 0. The fourth-order valence-corrected chi connectivity index (χ4v) is 1.80. The third-order valence-electron chi connectivity index (χ3n) is 2.64. The van der Waals surface area contributed by atoms with Crippen molar-refractivity contribution in [2.24, 2.45) is 5.73 Å².